The Kier molecular flexibility index (Phi) is 4.21. The normalized spacial score (nSPS) is 12.8. The predicted molar refractivity (Wildman–Crippen MR) is 74.9 cm³/mol. The minimum atomic E-state index is -1.17. The smallest absolute Gasteiger partial charge is 0.129 e. The maximum absolute atomic E-state index is 13.7. The van der Waals surface area contributed by atoms with Gasteiger partial charge in [0.25, 0.3) is 0 Å². The molecule has 0 saturated carbocycles. The van der Waals surface area contributed by atoms with Gasteiger partial charge in [0, 0.05) is 14.9 Å². The van der Waals surface area contributed by atoms with Gasteiger partial charge in [0.1, 0.15) is 17.7 Å². The van der Waals surface area contributed by atoms with Gasteiger partial charge in [0.2, 0.25) is 0 Å². The summed E-state index contributed by atoms with van der Waals surface area (Å²) in [5, 5.41) is 10.1. The number of aryl methyl sites for hydroxylation is 1. The van der Waals surface area contributed by atoms with Crippen LogP contribution in [-0.2, 0) is 0 Å². The summed E-state index contributed by atoms with van der Waals surface area (Å²) in [5.74, 6) is -1.14. The summed E-state index contributed by atoms with van der Waals surface area (Å²) in [5.41, 5.74) is 0.163. The van der Waals surface area contributed by atoms with Crippen molar-refractivity contribution in [3.05, 3.63) is 54.1 Å². The fourth-order valence-electron chi connectivity index (χ4n) is 1.52. The van der Waals surface area contributed by atoms with E-state index in [1.807, 2.05) is 0 Å². The van der Waals surface area contributed by atoms with Crippen molar-refractivity contribution in [2.45, 2.75) is 13.0 Å². The van der Waals surface area contributed by atoms with E-state index in [0.717, 1.165) is 20.4 Å². The molecular formula is C12H8Br2F2OS. The average Bonchev–Trinajstić information content (AvgIpc) is 2.63. The van der Waals surface area contributed by atoms with Gasteiger partial charge in [-0.15, -0.1) is 11.3 Å². The molecule has 0 aliphatic carbocycles. The molecule has 0 amide bonds. The Morgan fingerprint density at radius 2 is 1.83 bits per heavy atom. The number of rotatable bonds is 2. The van der Waals surface area contributed by atoms with Crippen molar-refractivity contribution in [3.8, 4) is 0 Å². The van der Waals surface area contributed by atoms with Crippen LogP contribution in [0, 0.1) is 18.6 Å². The SMILES string of the molecule is Cc1cc(F)c(C(O)c2cc(Br)c(Br)s2)cc1F. The summed E-state index contributed by atoms with van der Waals surface area (Å²) in [7, 11) is 0. The lowest BCUT2D eigenvalue weighted by atomic mass is 10.0. The maximum atomic E-state index is 13.7. The molecule has 0 bridgehead atoms. The topological polar surface area (TPSA) is 20.2 Å². The van der Waals surface area contributed by atoms with Gasteiger partial charge in [-0.1, -0.05) is 0 Å². The first-order chi connectivity index (χ1) is 8.40. The van der Waals surface area contributed by atoms with Gasteiger partial charge in [-0.3, -0.25) is 0 Å². The van der Waals surface area contributed by atoms with E-state index in [-0.39, 0.29) is 11.1 Å². The minimum Gasteiger partial charge on any atom is -0.383 e. The summed E-state index contributed by atoms with van der Waals surface area (Å²) in [4.78, 5) is 0.538. The van der Waals surface area contributed by atoms with Gasteiger partial charge in [-0.2, -0.15) is 0 Å². The van der Waals surface area contributed by atoms with Gasteiger partial charge < -0.3 is 5.11 Å². The monoisotopic (exact) mass is 396 g/mol. The first-order valence-electron chi connectivity index (χ1n) is 4.98. The molecule has 0 spiro atoms. The minimum absolute atomic E-state index is 0.0562. The van der Waals surface area contributed by atoms with Crippen LogP contribution in [0.25, 0.3) is 0 Å². The highest BCUT2D eigenvalue weighted by Gasteiger charge is 2.20. The molecule has 96 valence electrons. The van der Waals surface area contributed by atoms with E-state index >= 15 is 0 Å². The molecule has 2 rings (SSSR count). The lowest BCUT2D eigenvalue weighted by Crippen LogP contribution is -2.02. The van der Waals surface area contributed by atoms with Crippen LogP contribution in [-0.4, -0.2) is 5.11 Å². The van der Waals surface area contributed by atoms with Crippen molar-refractivity contribution in [1.82, 2.24) is 0 Å². The van der Waals surface area contributed by atoms with E-state index in [9.17, 15) is 13.9 Å². The van der Waals surface area contributed by atoms with Crippen LogP contribution < -0.4 is 0 Å². The maximum Gasteiger partial charge on any atom is 0.129 e. The molecule has 6 heteroatoms. The van der Waals surface area contributed by atoms with Crippen molar-refractivity contribution in [3.63, 3.8) is 0 Å². The Labute approximate surface area is 124 Å². The largest absolute Gasteiger partial charge is 0.383 e. The third kappa shape index (κ3) is 2.66. The van der Waals surface area contributed by atoms with Crippen molar-refractivity contribution >= 4 is 43.2 Å². The Hall–Kier alpha value is -0.300. The second-order valence-electron chi connectivity index (χ2n) is 3.80. The summed E-state index contributed by atoms with van der Waals surface area (Å²) in [6.07, 6.45) is -1.17. The molecule has 1 N–H and O–H groups in total. The van der Waals surface area contributed by atoms with E-state index in [4.69, 9.17) is 0 Å². The highest BCUT2D eigenvalue weighted by Crippen LogP contribution is 2.38. The third-order valence-electron chi connectivity index (χ3n) is 2.51. The first kappa shape index (κ1) is 14.1. The second-order valence-corrected chi connectivity index (χ2v) is 7.05. The average molecular weight is 398 g/mol. The molecule has 0 aliphatic heterocycles. The standard InChI is InChI=1S/C12H8Br2F2OS/c1-5-2-9(16)6(3-8(5)15)11(17)10-4-7(13)12(14)18-10/h2-4,11,17H,1H3. The molecule has 0 saturated heterocycles. The van der Waals surface area contributed by atoms with Gasteiger partial charge in [0.15, 0.2) is 0 Å². The number of halogens is 4. The number of aliphatic hydroxyl groups is 1. The Morgan fingerprint density at radius 3 is 2.39 bits per heavy atom. The Morgan fingerprint density at radius 1 is 1.17 bits per heavy atom. The van der Waals surface area contributed by atoms with Crippen LogP contribution in [0.3, 0.4) is 0 Å². The van der Waals surface area contributed by atoms with Crippen LogP contribution in [0.5, 0.6) is 0 Å². The zero-order chi connectivity index (χ0) is 13.4. The van der Waals surface area contributed by atoms with E-state index in [1.165, 1.54) is 18.3 Å². The van der Waals surface area contributed by atoms with E-state index in [0.29, 0.717) is 4.88 Å². The van der Waals surface area contributed by atoms with Crippen molar-refractivity contribution in [2.75, 3.05) is 0 Å². The van der Waals surface area contributed by atoms with Crippen molar-refractivity contribution < 1.29 is 13.9 Å². The number of thiophene rings is 1. The van der Waals surface area contributed by atoms with Gasteiger partial charge >= 0.3 is 0 Å². The lowest BCUT2D eigenvalue weighted by Gasteiger charge is -2.11. The Bertz CT molecular complexity index is 579. The van der Waals surface area contributed by atoms with E-state index < -0.39 is 17.7 Å². The summed E-state index contributed by atoms with van der Waals surface area (Å²) in [6, 6.07) is 3.80. The quantitative estimate of drug-likeness (QED) is 0.760. The molecule has 1 nitrogen and oxygen atoms in total. The number of hydrogen-bond acceptors (Lipinski definition) is 2. The molecule has 0 aliphatic rings. The zero-order valence-corrected chi connectivity index (χ0v) is 13.2. The summed E-state index contributed by atoms with van der Waals surface area (Å²) >= 11 is 7.85. The molecular weight excluding hydrogens is 390 g/mol. The fraction of sp³-hybridized carbons (Fsp3) is 0.167. The van der Waals surface area contributed by atoms with Crippen LogP contribution in [0.4, 0.5) is 8.78 Å². The first-order valence-corrected chi connectivity index (χ1v) is 7.38. The second kappa shape index (κ2) is 5.36. The molecule has 1 unspecified atom stereocenters. The van der Waals surface area contributed by atoms with E-state index in [1.54, 1.807) is 6.07 Å². The lowest BCUT2D eigenvalue weighted by molar-refractivity contribution is 0.218. The number of hydrogen-bond donors (Lipinski definition) is 1. The molecule has 0 fully saturated rings. The molecule has 1 aromatic heterocycles. The fourth-order valence-corrected chi connectivity index (χ4v) is 3.62. The van der Waals surface area contributed by atoms with Crippen molar-refractivity contribution in [1.29, 1.82) is 0 Å². The van der Waals surface area contributed by atoms with Gasteiger partial charge in [0.05, 0.1) is 3.79 Å². The molecule has 1 atom stereocenters. The predicted octanol–water partition coefficient (Wildman–Crippen LogP) is 4.94. The molecule has 1 aromatic carbocycles. The zero-order valence-electron chi connectivity index (χ0n) is 9.18. The molecule has 1 heterocycles. The third-order valence-corrected chi connectivity index (χ3v) is 5.81. The van der Waals surface area contributed by atoms with Crippen LogP contribution in [0.2, 0.25) is 0 Å². The molecule has 2 aromatic rings. The van der Waals surface area contributed by atoms with Crippen LogP contribution in [0.1, 0.15) is 22.1 Å². The highest BCUT2D eigenvalue weighted by atomic mass is 79.9. The van der Waals surface area contributed by atoms with Crippen LogP contribution >= 0.6 is 43.2 Å². The van der Waals surface area contributed by atoms with Crippen molar-refractivity contribution in [2.24, 2.45) is 0 Å². The summed E-state index contributed by atoms with van der Waals surface area (Å²) < 4.78 is 28.7. The number of benzene rings is 1. The molecule has 18 heavy (non-hydrogen) atoms. The van der Waals surface area contributed by atoms with Gasteiger partial charge in [-0.25, -0.2) is 8.78 Å². The summed E-state index contributed by atoms with van der Waals surface area (Å²) in [6.45, 7) is 1.48. The van der Waals surface area contributed by atoms with Gasteiger partial charge in [-0.05, 0) is 62.5 Å². The highest BCUT2D eigenvalue weighted by molar-refractivity contribution is 9.13. The van der Waals surface area contributed by atoms with E-state index in [2.05, 4.69) is 31.9 Å². The van der Waals surface area contributed by atoms with Crippen LogP contribution in [0.15, 0.2) is 26.5 Å². The number of aliphatic hydroxyl groups excluding tert-OH is 1. The Balaban J connectivity index is 2.45. The molecule has 0 radical (unpaired) electrons.